The van der Waals surface area contributed by atoms with Gasteiger partial charge in [-0.05, 0) is 17.7 Å². The minimum Gasteiger partial charge on any atom is -0.503 e. The Morgan fingerprint density at radius 3 is 2.76 bits per heavy atom. The van der Waals surface area contributed by atoms with E-state index in [9.17, 15) is 19.1 Å². The van der Waals surface area contributed by atoms with Crippen molar-refractivity contribution >= 4 is 11.8 Å². The van der Waals surface area contributed by atoms with Gasteiger partial charge < -0.3 is 10.0 Å². The molecule has 1 aromatic carbocycles. The Kier molecular flexibility index (Phi) is 4.23. The van der Waals surface area contributed by atoms with Crippen LogP contribution in [0.1, 0.15) is 5.56 Å². The van der Waals surface area contributed by atoms with Gasteiger partial charge in [-0.1, -0.05) is 12.1 Å². The minimum absolute atomic E-state index is 0.00176. The largest absolute Gasteiger partial charge is 0.503 e. The van der Waals surface area contributed by atoms with Crippen molar-refractivity contribution in [3.63, 3.8) is 0 Å². The molecule has 0 spiro atoms. The number of carbonyl (C=O) groups excluding carboxylic acids is 2. The molecule has 1 heterocycles. The van der Waals surface area contributed by atoms with E-state index >= 15 is 0 Å². The lowest BCUT2D eigenvalue weighted by molar-refractivity contribution is -0.174. The van der Waals surface area contributed by atoms with E-state index in [4.69, 9.17) is 4.84 Å². The first kappa shape index (κ1) is 15.0. The van der Waals surface area contributed by atoms with Gasteiger partial charge in [0, 0.05) is 7.05 Å². The van der Waals surface area contributed by atoms with Crippen LogP contribution in [-0.2, 0) is 21.0 Å². The van der Waals surface area contributed by atoms with Crippen LogP contribution in [-0.4, -0.2) is 47.6 Å². The molecule has 0 atom stereocenters. The van der Waals surface area contributed by atoms with E-state index in [1.54, 1.807) is 6.07 Å². The molecule has 7 heteroatoms. The summed E-state index contributed by atoms with van der Waals surface area (Å²) in [6.45, 7) is 0.00822. The Balaban J connectivity index is 2.18. The predicted octanol–water partition coefficient (Wildman–Crippen LogP) is 1.000. The summed E-state index contributed by atoms with van der Waals surface area (Å²) < 4.78 is 13.1. The van der Waals surface area contributed by atoms with E-state index in [1.165, 1.54) is 37.3 Å². The second-order valence-corrected chi connectivity index (χ2v) is 4.64. The van der Waals surface area contributed by atoms with E-state index in [-0.39, 0.29) is 18.7 Å². The minimum atomic E-state index is -0.628. The molecule has 1 aliphatic heterocycles. The van der Waals surface area contributed by atoms with E-state index in [1.807, 2.05) is 0 Å². The smallest absolute Gasteiger partial charge is 0.289 e. The molecule has 1 aromatic rings. The number of hydroxylamine groups is 2. The standard InChI is InChI=1S/C14H15FN2O4/c1-16-8-11(12(18)14(16)20)13(19)17(21-2)7-9-4-3-5-10(15)6-9/h3-6,18H,7-8H2,1-2H3. The first-order valence-electron chi connectivity index (χ1n) is 6.22. The molecule has 0 aliphatic carbocycles. The van der Waals surface area contributed by atoms with Crippen molar-refractivity contribution in [1.29, 1.82) is 0 Å². The maximum atomic E-state index is 13.1. The molecule has 2 amide bonds. The third-order valence-electron chi connectivity index (χ3n) is 3.15. The third-order valence-corrected chi connectivity index (χ3v) is 3.15. The summed E-state index contributed by atoms with van der Waals surface area (Å²) in [6.07, 6.45) is 0. The summed E-state index contributed by atoms with van der Waals surface area (Å²) in [6, 6.07) is 5.73. The Bertz CT molecular complexity index is 615. The van der Waals surface area contributed by atoms with Crippen LogP contribution in [0.25, 0.3) is 0 Å². The van der Waals surface area contributed by atoms with E-state index in [0.29, 0.717) is 5.56 Å². The molecular formula is C14H15FN2O4. The van der Waals surface area contributed by atoms with E-state index < -0.39 is 23.4 Å². The Labute approximate surface area is 121 Å². The molecule has 21 heavy (non-hydrogen) atoms. The molecule has 0 aromatic heterocycles. The van der Waals surface area contributed by atoms with Crippen molar-refractivity contribution in [2.24, 2.45) is 0 Å². The fourth-order valence-electron chi connectivity index (χ4n) is 2.03. The van der Waals surface area contributed by atoms with Crippen LogP contribution in [0.5, 0.6) is 0 Å². The first-order valence-corrected chi connectivity index (χ1v) is 6.22. The number of carbonyl (C=O) groups is 2. The highest BCUT2D eigenvalue weighted by atomic mass is 19.1. The van der Waals surface area contributed by atoms with Gasteiger partial charge in [0.25, 0.3) is 11.8 Å². The molecule has 112 valence electrons. The van der Waals surface area contributed by atoms with E-state index in [2.05, 4.69) is 0 Å². The molecule has 6 nitrogen and oxygen atoms in total. The summed E-state index contributed by atoms with van der Waals surface area (Å²) in [7, 11) is 2.76. The zero-order valence-electron chi connectivity index (χ0n) is 11.7. The average molecular weight is 294 g/mol. The number of halogens is 1. The van der Waals surface area contributed by atoms with Crippen LogP contribution in [0.15, 0.2) is 35.6 Å². The number of nitrogens with zero attached hydrogens (tertiary/aromatic N) is 2. The SMILES string of the molecule is CON(Cc1cccc(F)c1)C(=O)C1=C(O)C(=O)N(C)C1. The summed E-state index contributed by atoms with van der Waals surface area (Å²) in [4.78, 5) is 30.0. The first-order chi connectivity index (χ1) is 9.93. The quantitative estimate of drug-likeness (QED) is 0.841. The van der Waals surface area contributed by atoms with Crippen molar-refractivity contribution < 1.29 is 23.9 Å². The molecule has 2 rings (SSSR count). The van der Waals surface area contributed by atoms with Crippen LogP contribution in [0.4, 0.5) is 4.39 Å². The lowest BCUT2D eigenvalue weighted by atomic mass is 10.2. The van der Waals surface area contributed by atoms with Crippen LogP contribution < -0.4 is 0 Å². The molecule has 0 bridgehead atoms. The Morgan fingerprint density at radius 2 is 2.24 bits per heavy atom. The highest BCUT2D eigenvalue weighted by Gasteiger charge is 2.34. The number of hydrogen-bond donors (Lipinski definition) is 1. The average Bonchev–Trinajstić information content (AvgIpc) is 2.72. The monoisotopic (exact) mass is 294 g/mol. The second-order valence-electron chi connectivity index (χ2n) is 4.64. The molecule has 0 saturated carbocycles. The summed E-state index contributed by atoms with van der Waals surface area (Å²) in [5, 5.41) is 10.6. The summed E-state index contributed by atoms with van der Waals surface area (Å²) in [5.74, 6) is -2.24. The molecule has 0 unspecified atom stereocenters. The van der Waals surface area contributed by atoms with Crippen LogP contribution in [0, 0.1) is 5.82 Å². The van der Waals surface area contributed by atoms with Gasteiger partial charge in [0.2, 0.25) is 0 Å². The van der Waals surface area contributed by atoms with Gasteiger partial charge in [0.1, 0.15) is 5.82 Å². The van der Waals surface area contributed by atoms with Gasteiger partial charge in [-0.15, -0.1) is 0 Å². The zero-order valence-corrected chi connectivity index (χ0v) is 11.7. The zero-order chi connectivity index (χ0) is 15.6. The van der Waals surface area contributed by atoms with Crippen LogP contribution in [0.2, 0.25) is 0 Å². The van der Waals surface area contributed by atoms with Crippen LogP contribution >= 0.6 is 0 Å². The van der Waals surface area contributed by atoms with Gasteiger partial charge in [-0.2, -0.15) is 0 Å². The Morgan fingerprint density at radius 1 is 1.52 bits per heavy atom. The highest BCUT2D eigenvalue weighted by Crippen LogP contribution is 2.19. The molecule has 0 radical (unpaired) electrons. The molecule has 0 saturated heterocycles. The molecule has 1 aliphatic rings. The van der Waals surface area contributed by atoms with Gasteiger partial charge in [-0.3, -0.25) is 14.4 Å². The lowest BCUT2D eigenvalue weighted by Crippen LogP contribution is -2.32. The van der Waals surface area contributed by atoms with E-state index in [0.717, 1.165) is 5.06 Å². The maximum Gasteiger partial charge on any atom is 0.289 e. The predicted molar refractivity (Wildman–Crippen MR) is 71.3 cm³/mol. The van der Waals surface area contributed by atoms with Gasteiger partial charge in [0.15, 0.2) is 5.76 Å². The van der Waals surface area contributed by atoms with Crippen molar-refractivity contribution in [3.8, 4) is 0 Å². The number of likely N-dealkylation sites (N-methyl/N-ethyl adjacent to an activating group) is 1. The van der Waals surface area contributed by atoms with Crippen molar-refractivity contribution in [3.05, 3.63) is 47.0 Å². The lowest BCUT2D eigenvalue weighted by Gasteiger charge is -2.20. The van der Waals surface area contributed by atoms with Gasteiger partial charge in [0.05, 0.1) is 25.8 Å². The summed E-state index contributed by atoms with van der Waals surface area (Å²) in [5.41, 5.74) is 0.490. The molecular weight excluding hydrogens is 279 g/mol. The van der Waals surface area contributed by atoms with Gasteiger partial charge >= 0.3 is 0 Å². The normalized spacial score (nSPS) is 14.8. The van der Waals surface area contributed by atoms with Crippen molar-refractivity contribution in [2.45, 2.75) is 6.54 Å². The number of amides is 2. The highest BCUT2D eigenvalue weighted by molar-refractivity contribution is 6.06. The van der Waals surface area contributed by atoms with Crippen molar-refractivity contribution in [2.75, 3.05) is 20.7 Å². The molecule has 1 N–H and O–H groups in total. The number of aliphatic hydroxyl groups is 1. The van der Waals surface area contributed by atoms with Gasteiger partial charge in [-0.25, -0.2) is 9.45 Å². The fraction of sp³-hybridized carbons (Fsp3) is 0.286. The number of hydrogen-bond acceptors (Lipinski definition) is 4. The Hall–Kier alpha value is -2.41. The molecule has 0 fully saturated rings. The summed E-state index contributed by atoms with van der Waals surface area (Å²) >= 11 is 0. The maximum absolute atomic E-state index is 13.1. The van der Waals surface area contributed by atoms with Crippen LogP contribution in [0.3, 0.4) is 0 Å². The number of aliphatic hydroxyl groups excluding tert-OH is 1. The second kappa shape index (κ2) is 5.92. The van der Waals surface area contributed by atoms with Crippen molar-refractivity contribution in [1.82, 2.24) is 9.96 Å². The third kappa shape index (κ3) is 3.03. The number of rotatable bonds is 4. The number of benzene rings is 1. The topological polar surface area (TPSA) is 70.1 Å². The fourth-order valence-corrected chi connectivity index (χ4v) is 2.03.